The summed E-state index contributed by atoms with van der Waals surface area (Å²) in [6.07, 6.45) is 1.62. The van der Waals surface area contributed by atoms with E-state index in [-0.39, 0.29) is 5.78 Å². The number of nitrogens with one attached hydrogen (secondary N) is 1. The average molecular weight is 260 g/mol. The molecular weight excluding hydrogens is 246 g/mol. The maximum atomic E-state index is 12.0. The van der Waals surface area contributed by atoms with Crippen LogP contribution in [0.25, 0.3) is 0 Å². The van der Waals surface area contributed by atoms with Crippen LogP contribution < -0.4 is 5.32 Å². The Labute approximate surface area is 91.8 Å². The van der Waals surface area contributed by atoms with E-state index >= 15 is 0 Å². The van der Waals surface area contributed by atoms with Crippen LogP contribution in [0.1, 0.15) is 24.3 Å². The third-order valence-electron chi connectivity index (χ3n) is 2.30. The zero-order valence-electron chi connectivity index (χ0n) is 8.76. The lowest BCUT2D eigenvalue weighted by Gasteiger charge is -2.22. The molecule has 14 heavy (non-hydrogen) atoms. The van der Waals surface area contributed by atoms with Crippen LogP contribution in [0.3, 0.4) is 0 Å². The van der Waals surface area contributed by atoms with E-state index in [1.54, 1.807) is 25.0 Å². The average Bonchev–Trinajstić information content (AvgIpc) is 2.45. The Morgan fingerprint density at radius 3 is 2.57 bits per heavy atom. The van der Waals surface area contributed by atoms with Gasteiger partial charge in [-0.1, -0.05) is 0 Å². The van der Waals surface area contributed by atoms with Gasteiger partial charge in [-0.3, -0.25) is 9.48 Å². The van der Waals surface area contributed by atoms with Crippen LogP contribution in [0, 0.1) is 0 Å². The Kier molecular flexibility index (Phi) is 3.11. The lowest BCUT2D eigenvalue weighted by molar-refractivity contribution is 0.0879. The van der Waals surface area contributed by atoms with Gasteiger partial charge in [0.15, 0.2) is 0 Å². The fourth-order valence-corrected chi connectivity index (χ4v) is 1.60. The highest BCUT2D eigenvalue weighted by Crippen LogP contribution is 2.20. The van der Waals surface area contributed by atoms with Crippen molar-refractivity contribution >= 4 is 21.7 Å². The highest BCUT2D eigenvalue weighted by Gasteiger charge is 2.30. The van der Waals surface area contributed by atoms with Gasteiger partial charge in [-0.25, -0.2) is 0 Å². The van der Waals surface area contributed by atoms with Crippen molar-refractivity contribution < 1.29 is 4.79 Å². The third kappa shape index (κ3) is 1.88. The van der Waals surface area contributed by atoms with Crippen LogP contribution >= 0.6 is 15.9 Å². The molecule has 1 aromatic rings. The summed E-state index contributed by atoms with van der Waals surface area (Å²) in [6.45, 7) is 3.68. The maximum Gasteiger partial charge on any atom is 0.201 e. The molecule has 0 fully saturated rings. The molecule has 1 aromatic heterocycles. The van der Waals surface area contributed by atoms with E-state index in [4.69, 9.17) is 0 Å². The van der Waals surface area contributed by atoms with Gasteiger partial charge in [0.25, 0.3) is 0 Å². The number of ketones is 1. The van der Waals surface area contributed by atoms with E-state index in [0.717, 1.165) is 4.47 Å². The number of hydrogen-bond donors (Lipinski definition) is 1. The van der Waals surface area contributed by atoms with Gasteiger partial charge >= 0.3 is 0 Å². The zero-order valence-corrected chi connectivity index (χ0v) is 10.3. The van der Waals surface area contributed by atoms with Gasteiger partial charge in [0, 0.05) is 7.05 Å². The minimum atomic E-state index is -0.573. The molecule has 1 rings (SSSR count). The lowest BCUT2D eigenvalue weighted by atomic mass is 9.97. The molecule has 0 aromatic carbocycles. The van der Waals surface area contributed by atoms with E-state index in [1.807, 2.05) is 13.8 Å². The van der Waals surface area contributed by atoms with Crippen molar-refractivity contribution in [2.45, 2.75) is 19.4 Å². The highest BCUT2D eigenvalue weighted by atomic mass is 79.9. The van der Waals surface area contributed by atoms with Crippen LogP contribution in [-0.2, 0) is 7.05 Å². The van der Waals surface area contributed by atoms with E-state index in [9.17, 15) is 4.79 Å². The van der Waals surface area contributed by atoms with Crippen LogP contribution in [-0.4, -0.2) is 28.2 Å². The minimum Gasteiger partial charge on any atom is -0.308 e. The molecule has 0 saturated heterocycles. The number of carbonyl (C=O) groups is 1. The number of rotatable bonds is 3. The second-order valence-corrected chi connectivity index (χ2v) is 4.52. The van der Waals surface area contributed by atoms with Gasteiger partial charge in [0.2, 0.25) is 5.78 Å². The van der Waals surface area contributed by atoms with Crippen LogP contribution in [0.5, 0.6) is 0 Å². The molecule has 0 aliphatic heterocycles. The number of nitrogens with zero attached hydrogens (tertiary/aromatic N) is 2. The second kappa shape index (κ2) is 3.82. The van der Waals surface area contributed by atoms with Crippen molar-refractivity contribution in [2.75, 3.05) is 7.05 Å². The Bertz CT molecular complexity index is 337. The van der Waals surface area contributed by atoms with Gasteiger partial charge in [0.1, 0.15) is 5.69 Å². The molecule has 1 N–H and O–H groups in total. The van der Waals surface area contributed by atoms with Gasteiger partial charge in [0.05, 0.1) is 16.2 Å². The van der Waals surface area contributed by atoms with E-state index < -0.39 is 5.54 Å². The lowest BCUT2D eigenvalue weighted by Crippen LogP contribution is -2.45. The normalized spacial score (nSPS) is 11.8. The summed E-state index contributed by atoms with van der Waals surface area (Å²) in [5, 5.41) is 6.98. The number of Topliss-reactive ketones (excluding diaryl/α,β-unsaturated/α-hetero) is 1. The molecule has 1 heterocycles. The smallest absolute Gasteiger partial charge is 0.201 e. The van der Waals surface area contributed by atoms with Gasteiger partial charge in [-0.2, -0.15) is 5.10 Å². The molecule has 0 saturated carbocycles. The molecule has 0 amide bonds. The van der Waals surface area contributed by atoms with Crippen LogP contribution in [0.2, 0.25) is 0 Å². The van der Waals surface area contributed by atoms with Crippen molar-refractivity contribution in [3.8, 4) is 0 Å². The molecule has 0 aliphatic rings. The molecule has 4 nitrogen and oxygen atoms in total. The van der Waals surface area contributed by atoms with Crippen molar-refractivity contribution in [2.24, 2.45) is 7.05 Å². The minimum absolute atomic E-state index is 0.0203. The Balaban J connectivity index is 3.13. The Hall–Kier alpha value is -0.680. The fraction of sp³-hybridized carbons (Fsp3) is 0.556. The Morgan fingerprint density at radius 2 is 2.21 bits per heavy atom. The van der Waals surface area contributed by atoms with Crippen molar-refractivity contribution in [1.82, 2.24) is 15.1 Å². The zero-order chi connectivity index (χ0) is 10.9. The molecule has 0 atom stereocenters. The van der Waals surface area contributed by atoms with Crippen molar-refractivity contribution in [3.63, 3.8) is 0 Å². The first kappa shape index (κ1) is 11.4. The fourth-order valence-electron chi connectivity index (χ4n) is 1.08. The number of halogens is 1. The highest BCUT2D eigenvalue weighted by molar-refractivity contribution is 9.10. The van der Waals surface area contributed by atoms with Crippen LogP contribution in [0.4, 0.5) is 0 Å². The third-order valence-corrected chi connectivity index (χ3v) is 2.88. The van der Waals surface area contributed by atoms with Crippen molar-refractivity contribution in [3.05, 3.63) is 16.4 Å². The molecule has 0 radical (unpaired) electrons. The van der Waals surface area contributed by atoms with E-state index in [1.165, 1.54) is 0 Å². The maximum absolute atomic E-state index is 12.0. The number of hydrogen-bond acceptors (Lipinski definition) is 3. The molecule has 5 heteroatoms. The standard InChI is InChI=1S/C9H14BrN3O/c1-9(2,11-3)8(14)7-6(10)5-12-13(7)4/h5,11H,1-4H3. The van der Waals surface area contributed by atoms with E-state index in [0.29, 0.717) is 5.69 Å². The van der Waals surface area contributed by atoms with Gasteiger partial charge in [-0.15, -0.1) is 0 Å². The predicted molar refractivity (Wildman–Crippen MR) is 58.4 cm³/mol. The van der Waals surface area contributed by atoms with Gasteiger partial charge in [-0.05, 0) is 36.8 Å². The molecule has 78 valence electrons. The summed E-state index contributed by atoms with van der Waals surface area (Å²) >= 11 is 3.31. The summed E-state index contributed by atoms with van der Waals surface area (Å²) in [5.41, 5.74) is 0.0143. The summed E-state index contributed by atoms with van der Waals surface area (Å²) in [4.78, 5) is 12.0. The van der Waals surface area contributed by atoms with Crippen LogP contribution in [0.15, 0.2) is 10.7 Å². The topological polar surface area (TPSA) is 46.9 Å². The van der Waals surface area contributed by atoms with Gasteiger partial charge < -0.3 is 5.32 Å². The summed E-state index contributed by atoms with van der Waals surface area (Å²) in [5.74, 6) is 0.0203. The number of aromatic nitrogens is 2. The first-order chi connectivity index (χ1) is 6.40. The number of likely N-dealkylation sites (N-methyl/N-ethyl adjacent to an activating group) is 1. The first-order valence-electron chi connectivity index (χ1n) is 4.31. The molecule has 0 spiro atoms. The molecule has 0 aliphatic carbocycles. The van der Waals surface area contributed by atoms with Crippen molar-refractivity contribution in [1.29, 1.82) is 0 Å². The Morgan fingerprint density at radius 1 is 1.64 bits per heavy atom. The summed E-state index contributed by atoms with van der Waals surface area (Å²) < 4.78 is 2.30. The SMILES string of the molecule is CNC(C)(C)C(=O)c1c(Br)cnn1C. The largest absolute Gasteiger partial charge is 0.308 e. The number of aryl methyl sites for hydroxylation is 1. The summed E-state index contributed by atoms with van der Waals surface area (Å²) in [6, 6.07) is 0. The molecule has 0 bridgehead atoms. The molecule has 0 unspecified atom stereocenters. The molecular formula is C9H14BrN3O. The first-order valence-corrected chi connectivity index (χ1v) is 5.10. The van der Waals surface area contributed by atoms with E-state index in [2.05, 4.69) is 26.3 Å². The number of carbonyl (C=O) groups excluding carboxylic acids is 1. The predicted octanol–water partition coefficient (Wildman–Crippen LogP) is 1.36. The monoisotopic (exact) mass is 259 g/mol. The summed E-state index contributed by atoms with van der Waals surface area (Å²) in [7, 11) is 3.52. The second-order valence-electron chi connectivity index (χ2n) is 3.67. The quantitative estimate of drug-likeness (QED) is 0.835.